The van der Waals surface area contributed by atoms with Gasteiger partial charge in [-0.05, 0) is 105 Å². The molecule has 2 aliphatic rings. The summed E-state index contributed by atoms with van der Waals surface area (Å²) >= 11 is 0. The number of H-pyrrole nitrogens is 2. The lowest BCUT2D eigenvalue weighted by molar-refractivity contribution is 0.651. The molecule has 8 aromatic carbocycles. The molecule has 0 atom stereocenters. The molecule has 7 heteroatoms. The summed E-state index contributed by atoms with van der Waals surface area (Å²) < 4.78 is 14.6. The van der Waals surface area contributed by atoms with Gasteiger partial charge in [0.05, 0.1) is 28.1 Å². The number of hydrogen-bond acceptors (Lipinski definition) is 4. The Balaban J connectivity index is 1.12. The van der Waals surface area contributed by atoms with Crippen LogP contribution in [0.25, 0.3) is 140 Å². The minimum Gasteiger partial charge on any atom is -0.416 e. The van der Waals surface area contributed by atoms with Gasteiger partial charge in [0, 0.05) is 60.7 Å². The van der Waals surface area contributed by atoms with Crippen LogP contribution in [0.5, 0.6) is 0 Å². The summed E-state index contributed by atoms with van der Waals surface area (Å²) in [5, 5.41) is 7.49. The molecule has 14 rings (SSSR count). The summed E-state index contributed by atoms with van der Waals surface area (Å²) in [5.74, 6) is 0. The highest BCUT2D eigenvalue weighted by molar-refractivity contribution is 7.46. The zero-order chi connectivity index (χ0) is 46.8. The number of nitrogens with one attached hydrogen (secondary N) is 2. The molecule has 0 fully saturated rings. The van der Waals surface area contributed by atoms with Crippen molar-refractivity contribution >= 4 is 97.9 Å². The number of benzene rings is 8. The third-order valence-corrected chi connectivity index (χ3v) is 15.2. The number of aromatic amines is 2. The maximum absolute atomic E-state index is 7.28. The van der Waals surface area contributed by atoms with Crippen molar-refractivity contribution in [3.05, 3.63) is 235 Å². The van der Waals surface area contributed by atoms with Crippen LogP contribution in [0.1, 0.15) is 22.8 Å². The van der Waals surface area contributed by atoms with Crippen LogP contribution in [0.4, 0.5) is 0 Å². The zero-order valence-corrected chi connectivity index (χ0v) is 39.1. The Kier molecular flexibility index (Phi) is 9.64. The smallest absolute Gasteiger partial charge is 0.253 e. The summed E-state index contributed by atoms with van der Waals surface area (Å²) in [6.45, 7) is 0. The van der Waals surface area contributed by atoms with E-state index in [4.69, 9.17) is 18.4 Å². The quantitative estimate of drug-likeness (QED) is 0.180. The van der Waals surface area contributed by atoms with Gasteiger partial charge in [-0.2, -0.15) is 0 Å². The van der Waals surface area contributed by atoms with Gasteiger partial charge in [-0.25, -0.2) is 9.97 Å². The van der Waals surface area contributed by atoms with E-state index in [9.17, 15) is 0 Å². The van der Waals surface area contributed by atoms with E-state index in [1.165, 1.54) is 0 Å². The zero-order valence-electron chi connectivity index (χ0n) is 38.2. The van der Waals surface area contributed by atoms with Crippen LogP contribution in [-0.2, 0) is 0 Å². The van der Waals surface area contributed by atoms with Crippen molar-refractivity contribution in [2.24, 2.45) is 0 Å². The van der Waals surface area contributed by atoms with Gasteiger partial charge < -0.3 is 18.4 Å². The summed E-state index contributed by atoms with van der Waals surface area (Å²) in [6.07, 6.45) is 8.57. The number of fused-ring (bicyclic) bond motifs is 15. The molecule has 0 aliphatic carbocycles. The largest absolute Gasteiger partial charge is 0.416 e. The number of rotatable bonds is 5. The Labute approximate surface area is 409 Å². The molecule has 0 radical (unpaired) electrons. The average Bonchev–Trinajstić information content (AvgIpc) is 4.28. The van der Waals surface area contributed by atoms with Crippen molar-refractivity contribution in [1.82, 2.24) is 19.9 Å². The van der Waals surface area contributed by atoms with Crippen molar-refractivity contribution in [2.45, 2.75) is 0 Å². The van der Waals surface area contributed by atoms with Gasteiger partial charge in [0.25, 0.3) is 8.01 Å². The predicted octanol–water partition coefficient (Wildman–Crippen LogP) is 18.2. The lowest BCUT2D eigenvalue weighted by Crippen LogP contribution is -1.90. The first-order valence-electron chi connectivity index (χ1n) is 23.8. The van der Waals surface area contributed by atoms with Crippen molar-refractivity contribution < 1.29 is 8.39 Å². The first kappa shape index (κ1) is 40.8. The van der Waals surface area contributed by atoms with Crippen LogP contribution >= 0.6 is 8.01 Å². The Morgan fingerprint density at radius 2 is 0.690 bits per heavy atom. The van der Waals surface area contributed by atoms with E-state index in [0.29, 0.717) is 0 Å². The minimum atomic E-state index is -1.77. The van der Waals surface area contributed by atoms with Gasteiger partial charge in [-0.1, -0.05) is 170 Å². The molecule has 0 spiro atoms. The molecule has 0 saturated carbocycles. The summed E-state index contributed by atoms with van der Waals surface area (Å²) in [6, 6.07) is 74.3. The topological polar surface area (TPSA) is 83.6 Å². The highest BCUT2D eigenvalue weighted by Crippen LogP contribution is 2.50. The van der Waals surface area contributed by atoms with E-state index in [-0.39, 0.29) is 0 Å². The van der Waals surface area contributed by atoms with E-state index in [2.05, 4.69) is 247 Å². The minimum absolute atomic E-state index is 0.780. The second-order valence-corrected chi connectivity index (χ2v) is 19.2. The fourth-order valence-corrected chi connectivity index (χ4v) is 12.0. The SMILES string of the molecule is C1=Cc2nc1c(-c1ccccc1)c1ccc([nH]1)c(-c1ccccc1)c1nc(c(-c3ccccc3-p3oc4ccc5ccccc5c4c4c(ccc5ccccc54)o3)c3ccc([nH]3)c2-c2ccccc2)C=C1. The third kappa shape index (κ3) is 6.95. The predicted molar refractivity (Wildman–Crippen MR) is 297 cm³/mol. The Morgan fingerprint density at radius 1 is 0.324 bits per heavy atom. The Bertz CT molecular complexity index is 4260. The fourth-order valence-electron chi connectivity index (χ4n) is 10.5. The van der Waals surface area contributed by atoms with Gasteiger partial charge >= 0.3 is 0 Å². The molecule has 0 unspecified atom stereocenters. The van der Waals surface area contributed by atoms with Crippen molar-refractivity contribution in [3.63, 3.8) is 0 Å². The highest BCUT2D eigenvalue weighted by Gasteiger charge is 2.22. The summed E-state index contributed by atoms with van der Waals surface area (Å²) in [7, 11) is -1.77. The number of hydrogen-bond donors (Lipinski definition) is 2. The molecule has 2 N–H and O–H groups in total. The molecule has 0 amide bonds. The van der Waals surface area contributed by atoms with Crippen molar-refractivity contribution in [2.75, 3.05) is 0 Å². The van der Waals surface area contributed by atoms with Gasteiger partial charge in [0.15, 0.2) is 0 Å². The average molecular weight is 929 g/mol. The second-order valence-electron chi connectivity index (χ2n) is 17.9. The van der Waals surface area contributed by atoms with Crippen LogP contribution in [0, 0.1) is 0 Å². The van der Waals surface area contributed by atoms with Crippen LogP contribution in [-0.4, -0.2) is 19.9 Å². The van der Waals surface area contributed by atoms with Crippen molar-refractivity contribution in [3.8, 4) is 49.8 Å². The van der Waals surface area contributed by atoms with Gasteiger partial charge in [-0.15, -0.1) is 0 Å². The molecule has 6 heterocycles. The summed E-state index contributed by atoms with van der Waals surface area (Å²) in [4.78, 5) is 18.9. The first-order valence-corrected chi connectivity index (χ1v) is 25.0. The molecular weight excluding hydrogens is 888 g/mol. The van der Waals surface area contributed by atoms with Gasteiger partial charge in [0.2, 0.25) is 0 Å². The lowest BCUT2D eigenvalue weighted by atomic mass is 9.99. The molecule has 12 aromatic rings. The molecule has 0 saturated heterocycles. The van der Waals surface area contributed by atoms with Gasteiger partial charge in [0.1, 0.15) is 11.2 Å². The monoisotopic (exact) mass is 928 g/mol. The molecule has 6 nitrogen and oxygen atoms in total. The fraction of sp³-hybridized carbons (Fsp3) is 0. The highest BCUT2D eigenvalue weighted by atomic mass is 31.1. The van der Waals surface area contributed by atoms with E-state index >= 15 is 0 Å². The maximum Gasteiger partial charge on any atom is 0.253 e. The molecule has 4 aromatic heterocycles. The number of aromatic nitrogens is 4. The van der Waals surface area contributed by atoms with Crippen LogP contribution in [0.2, 0.25) is 0 Å². The molecule has 71 heavy (non-hydrogen) atoms. The Hall–Kier alpha value is -9.22. The first-order chi connectivity index (χ1) is 35.2. The van der Waals surface area contributed by atoms with E-state index < -0.39 is 8.01 Å². The molecule has 8 bridgehead atoms. The second kappa shape index (κ2) is 16.8. The van der Waals surface area contributed by atoms with E-state index in [1.54, 1.807) is 0 Å². The molecule has 334 valence electrons. The third-order valence-electron chi connectivity index (χ3n) is 13.7. The maximum atomic E-state index is 7.28. The van der Waals surface area contributed by atoms with Crippen LogP contribution in [0.15, 0.2) is 221 Å². The summed E-state index contributed by atoms with van der Waals surface area (Å²) in [5.41, 5.74) is 16.7. The van der Waals surface area contributed by atoms with Crippen LogP contribution < -0.4 is 0 Å². The molecule has 2 aliphatic heterocycles. The van der Waals surface area contributed by atoms with Gasteiger partial charge in [-0.3, -0.25) is 0 Å². The Morgan fingerprint density at radius 3 is 1.14 bits per heavy atom. The van der Waals surface area contributed by atoms with Crippen molar-refractivity contribution in [1.29, 1.82) is 0 Å². The van der Waals surface area contributed by atoms with E-state index in [0.717, 1.165) is 138 Å². The van der Waals surface area contributed by atoms with Crippen LogP contribution in [0.3, 0.4) is 0 Å². The lowest BCUT2D eigenvalue weighted by Gasteiger charge is -2.10. The molecular formula is C64H41N4O2P. The standard InChI is InChI=1S/C64H41N4O2P/c1-4-18-42(19-5-1)59-48-30-32-50(65-48)60(43-20-6-2-7-21-43)52-34-36-54(67-52)62(55-37-35-53(68-55)61(44-22-8-3-9-23-44)51-33-31-49(59)66-51)47-26-14-15-27-58(47)71-69-56-38-28-40-16-10-12-24-45(40)63(56)64-46-25-13-11-17-41(46)29-39-57(64)70-71/h1-39,65,68H. The van der Waals surface area contributed by atoms with E-state index in [1.807, 2.05) is 0 Å². The number of nitrogens with zero attached hydrogens (tertiary/aromatic N) is 2. The normalized spacial score (nSPS) is 12.1.